The molecule has 5 heteroatoms. The summed E-state index contributed by atoms with van der Waals surface area (Å²) in [4.78, 5) is 11.5. The molecule has 0 aliphatic carbocycles. The standard InChI is InChI=1S/C16H12BrCl2NO/c1-8-2-3-10(17)6-11(8)16(19)12-4-9-5-15(21)20-14(9)7-13(12)18/h2-4,6-7,16H,5H2,1H3,(H,20,21). The molecule has 108 valence electrons. The Labute approximate surface area is 141 Å². The molecule has 0 saturated heterocycles. The summed E-state index contributed by atoms with van der Waals surface area (Å²) in [5, 5.41) is 3.00. The lowest BCUT2D eigenvalue weighted by Gasteiger charge is -2.16. The third-order valence-electron chi connectivity index (χ3n) is 3.64. The van der Waals surface area contributed by atoms with E-state index in [4.69, 9.17) is 23.2 Å². The van der Waals surface area contributed by atoms with Crippen LogP contribution in [0.4, 0.5) is 5.69 Å². The fraction of sp³-hybridized carbons (Fsp3) is 0.188. The Morgan fingerprint density at radius 2 is 2.00 bits per heavy atom. The number of alkyl halides is 1. The van der Waals surface area contributed by atoms with Crippen LogP contribution in [0.1, 0.15) is 27.6 Å². The number of anilines is 1. The first-order valence-electron chi connectivity index (χ1n) is 6.48. The Hall–Kier alpha value is -1.03. The van der Waals surface area contributed by atoms with Gasteiger partial charge < -0.3 is 5.32 Å². The molecule has 0 radical (unpaired) electrons. The van der Waals surface area contributed by atoms with Crippen LogP contribution in [-0.2, 0) is 11.2 Å². The average molecular weight is 385 g/mol. The van der Waals surface area contributed by atoms with E-state index >= 15 is 0 Å². The van der Waals surface area contributed by atoms with Crippen LogP contribution < -0.4 is 5.32 Å². The van der Waals surface area contributed by atoms with E-state index in [1.807, 2.05) is 31.2 Å². The smallest absolute Gasteiger partial charge is 0.228 e. The minimum absolute atomic E-state index is 0.0111. The molecule has 0 fully saturated rings. The minimum atomic E-state index is -0.351. The summed E-state index contributed by atoms with van der Waals surface area (Å²) in [6, 6.07) is 9.70. The second kappa shape index (κ2) is 5.64. The van der Waals surface area contributed by atoms with Gasteiger partial charge in [-0.25, -0.2) is 0 Å². The molecule has 1 atom stereocenters. The van der Waals surface area contributed by atoms with E-state index in [0.29, 0.717) is 11.4 Å². The van der Waals surface area contributed by atoms with Gasteiger partial charge in [-0.05, 0) is 53.4 Å². The number of hydrogen-bond donors (Lipinski definition) is 1. The van der Waals surface area contributed by atoms with Crippen molar-refractivity contribution < 1.29 is 4.79 Å². The van der Waals surface area contributed by atoms with Gasteiger partial charge in [-0.15, -0.1) is 11.6 Å². The number of carbonyl (C=O) groups excluding carboxylic acids is 1. The highest BCUT2D eigenvalue weighted by atomic mass is 79.9. The number of rotatable bonds is 2. The number of benzene rings is 2. The number of carbonyl (C=O) groups is 1. The summed E-state index contributed by atoms with van der Waals surface area (Å²) in [5.74, 6) is -0.0111. The number of hydrogen-bond acceptors (Lipinski definition) is 1. The van der Waals surface area contributed by atoms with E-state index in [1.165, 1.54) is 0 Å². The van der Waals surface area contributed by atoms with Gasteiger partial charge in [-0.1, -0.05) is 33.6 Å². The third-order valence-corrected chi connectivity index (χ3v) is 4.93. The number of aryl methyl sites for hydroxylation is 1. The molecule has 1 aliphatic heterocycles. The van der Waals surface area contributed by atoms with Gasteiger partial charge in [0.15, 0.2) is 0 Å². The van der Waals surface area contributed by atoms with E-state index in [0.717, 1.165) is 32.4 Å². The fourth-order valence-electron chi connectivity index (χ4n) is 2.51. The van der Waals surface area contributed by atoms with Gasteiger partial charge in [0.2, 0.25) is 5.91 Å². The lowest BCUT2D eigenvalue weighted by molar-refractivity contribution is -0.115. The molecule has 0 bridgehead atoms. The first kappa shape index (κ1) is 14.9. The van der Waals surface area contributed by atoms with Crippen molar-refractivity contribution in [2.45, 2.75) is 18.7 Å². The van der Waals surface area contributed by atoms with E-state index in [-0.39, 0.29) is 11.3 Å². The Morgan fingerprint density at radius 3 is 2.76 bits per heavy atom. The molecule has 2 aromatic carbocycles. The molecule has 2 nitrogen and oxygen atoms in total. The van der Waals surface area contributed by atoms with Crippen molar-refractivity contribution in [2.75, 3.05) is 5.32 Å². The summed E-state index contributed by atoms with van der Waals surface area (Å²) in [6.45, 7) is 2.02. The molecular weight excluding hydrogens is 373 g/mol. The molecule has 0 saturated carbocycles. The maximum Gasteiger partial charge on any atom is 0.228 e. The molecule has 1 heterocycles. The number of amides is 1. The first-order valence-corrected chi connectivity index (χ1v) is 8.08. The van der Waals surface area contributed by atoms with Crippen LogP contribution in [0.3, 0.4) is 0 Å². The van der Waals surface area contributed by atoms with Crippen LogP contribution in [0.15, 0.2) is 34.8 Å². The Balaban J connectivity index is 2.06. The predicted octanol–water partition coefficient (Wildman–Crippen LogP) is 5.23. The summed E-state index contributed by atoms with van der Waals surface area (Å²) in [6.07, 6.45) is 0.376. The molecule has 0 spiro atoms. The van der Waals surface area contributed by atoms with Crippen molar-refractivity contribution in [3.63, 3.8) is 0 Å². The molecular formula is C16H12BrCl2NO. The molecule has 0 aromatic heterocycles. The number of fused-ring (bicyclic) bond motifs is 1. The van der Waals surface area contributed by atoms with Gasteiger partial charge in [0.25, 0.3) is 0 Å². The van der Waals surface area contributed by atoms with Gasteiger partial charge in [0, 0.05) is 15.2 Å². The van der Waals surface area contributed by atoms with Crippen LogP contribution in [-0.4, -0.2) is 5.91 Å². The zero-order valence-electron chi connectivity index (χ0n) is 11.2. The van der Waals surface area contributed by atoms with E-state index in [1.54, 1.807) is 6.07 Å². The van der Waals surface area contributed by atoms with Crippen molar-refractivity contribution in [3.8, 4) is 0 Å². The lowest BCUT2D eigenvalue weighted by Crippen LogP contribution is -2.03. The van der Waals surface area contributed by atoms with Crippen molar-refractivity contribution in [3.05, 3.63) is 62.1 Å². The zero-order chi connectivity index (χ0) is 15.1. The van der Waals surface area contributed by atoms with Crippen molar-refractivity contribution in [1.29, 1.82) is 0 Å². The minimum Gasteiger partial charge on any atom is -0.325 e. The van der Waals surface area contributed by atoms with Crippen LogP contribution in [0, 0.1) is 6.92 Å². The summed E-state index contributed by atoms with van der Waals surface area (Å²) in [7, 11) is 0. The van der Waals surface area contributed by atoms with Crippen LogP contribution in [0.2, 0.25) is 5.02 Å². The maximum atomic E-state index is 11.5. The topological polar surface area (TPSA) is 29.1 Å². The molecule has 3 rings (SSSR count). The average Bonchev–Trinajstić information content (AvgIpc) is 2.79. The van der Waals surface area contributed by atoms with Gasteiger partial charge in [0.1, 0.15) is 0 Å². The molecule has 1 aliphatic rings. The third kappa shape index (κ3) is 2.83. The number of nitrogens with one attached hydrogen (secondary N) is 1. The van der Waals surface area contributed by atoms with Gasteiger partial charge in [0.05, 0.1) is 11.8 Å². The Kier molecular flexibility index (Phi) is 4.00. The number of halogens is 3. The van der Waals surface area contributed by atoms with Crippen LogP contribution in [0.5, 0.6) is 0 Å². The largest absolute Gasteiger partial charge is 0.325 e. The zero-order valence-corrected chi connectivity index (χ0v) is 14.3. The summed E-state index contributed by atoms with van der Waals surface area (Å²) >= 11 is 16.5. The SMILES string of the molecule is Cc1ccc(Br)cc1C(Cl)c1cc2c(cc1Cl)NC(=O)C2. The Bertz CT molecular complexity index is 745. The van der Waals surface area contributed by atoms with Crippen LogP contribution >= 0.6 is 39.1 Å². The maximum absolute atomic E-state index is 11.5. The van der Waals surface area contributed by atoms with Gasteiger partial charge in [-0.2, -0.15) is 0 Å². The molecule has 2 aromatic rings. The van der Waals surface area contributed by atoms with E-state index < -0.39 is 0 Å². The monoisotopic (exact) mass is 383 g/mol. The van der Waals surface area contributed by atoms with Crippen molar-refractivity contribution in [2.24, 2.45) is 0 Å². The van der Waals surface area contributed by atoms with Crippen molar-refractivity contribution in [1.82, 2.24) is 0 Å². The van der Waals surface area contributed by atoms with Gasteiger partial charge >= 0.3 is 0 Å². The van der Waals surface area contributed by atoms with E-state index in [9.17, 15) is 4.79 Å². The van der Waals surface area contributed by atoms with Crippen LogP contribution in [0.25, 0.3) is 0 Å². The van der Waals surface area contributed by atoms with Gasteiger partial charge in [-0.3, -0.25) is 4.79 Å². The quantitative estimate of drug-likeness (QED) is 0.705. The predicted molar refractivity (Wildman–Crippen MR) is 90.4 cm³/mol. The highest BCUT2D eigenvalue weighted by Crippen LogP contribution is 2.39. The second-order valence-electron chi connectivity index (χ2n) is 5.12. The molecule has 1 unspecified atom stereocenters. The first-order chi connectivity index (χ1) is 9.95. The second-order valence-corrected chi connectivity index (χ2v) is 6.88. The summed E-state index contributed by atoms with van der Waals surface area (Å²) in [5.41, 5.74) is 4.66. The molecule has 1 N–H and O–H groups in total. The normalized spacial score (nSPS) is 14.8. The summed E-state index contributed by atoms with van der Waals surface area (Å²) < 4.78 is 0.975. The van der Waals surface area contributed by atoms with E-state index in [2.05, 4.69) is 21.2 Å². The van der Waals surface area contributed by atoms with Crippen molar-refractivity contribution >= 4 is 50.7 Å². The molecule has 21 heavy (non-hydrogen) atoms. The molecule has 1 amide bonds. The highest BCUT2D eigenvalue weighted by molar-refractivity contribution is 9.10. The fourth-order valence-corrected chi connectivity index (χ4v) is 3.64. The lowest BCUT2D eigenvalue weighted by atomic mass is 9.98. The highest BCUT2D eigenvalue weighted by Gasteiger charge is 2.23. The Morgan fingerprint density at radius 1 is 1.24 bits per heavy atom.